The summed E-state index contributed by atoms with van der Waals surface area (Å²) in [6.45, 7) is 6.03. The summed E-state index contributed by atoms with van der Waals surface area (Å²) in [6.07, 6.45) is 0. The van der Waals surface area contributed by atoms with Crippen LogP contribution in [0.4, 0.5) is 0 Å². The van der Waals surface area contributed by atoms with Gasteiger partial charge in [0.15, 0.2) is 6.61 Å². The van der Waals surface area contributed by atoms with E-state index < -0.39 is 11.9 Å². The Kier molecular flexibility index (Phi) is 10.1. The number of halogens is 1. The van der Waals surface area contributed by atoms with Crippen molar-refractivity contribution in [1.29, 1.82) is 0 Å². The van der Waals surface area contributed by atoms with Crippen LogP contribution in [0.15, 0.2) is 46.9 Å². The molecule has 2 N–H and O–H groups in total. The van der Waals surface area contributed by atoms with Gasteiger partial charge in [-0.05, 0) is 37.3 Å². The van der Waals surface area contributed by atoms with E-state index in [-0.39, 0.29) is 12.5 Å². The second-order valence-corrected chi connectivity index (χ2v) is 8.24. The fourth-order valence-electron chi connectivity index (χ4n) is 3.14. The van der Waals surface area contributed by atoms with Crippen molar-refractivity contribution in [2.45, 2.75) is 13.5 Å². The van der Waals surface area contributed by atoms with E-state index in [9.17, 15) is 4.79 Å². The third kappa shape index (κ3) is 8.74. The van der Waals surface area contributed by atoms with Crippen molar-refractivity contribution in [3.63, 3.8) is 0 Å². The van der Waals surface area contributed by atoms with Crippen LogP contribution in [0.1, 0.15) is 11.1 Å². The molecular weight excluding hydrogens is 496 g/mol. The van der Waals surface area contributed by atoms with Gasteiger partial charge in [0.1, 0.15) is 11.5 Å². The van der Waals surface area contributed by atoms with Crippen molar-refractivity contribution in [1.82, 2.24) is 9.80 Å². The number of rotatable bonds is 6. The zero-order valence-electron chi connectivity index (χ0n) is 18.5. The standard InChI is InChI=1S/C21H25BrN2O3.C2H2O4/c1-16-3-6-19(7-4-16)27-15-21(25)24-11-9-23(10-12-24)14-17-13-18(22)5-8-20(17)26-2;3-1(4)2(5)6/h3-8,13H,9-12,14-15H2,1-2H3;(H,3,4)(H,5,6). The van der Waals surface area contributed by atoms with Gasteiger partial charge in [0.05, 0.1) is 7.11 Å². The number of nitrogens with zero attached hydrogens (tertiary/aromatic N) is 2. The van der Waals surface area contributed by atoms with Crippen LogP contribution >= 0.6 is 15.9 Å². The summed E-state index contributed by atoms with van der Waals surface area (Å²) in [5.41, 5.74) is 2.32. The number of aliphatic carboxylic acids is 2. The summed E-state index contributed by atoms with van der Waals surface area (Å²) in [6, 6.07) is 13.8. The molecule has 10 heteroatoms. The third-order valence-electron chi connectivity index (χ3n) is 4.93. The van der Waals surface area contributed by atoms with Crippen molar-refractivity contribution in [2.24, 2.45) is 0 Å². The molecule has 0 atom stereocenters. The molecule has 1 amide bonds. The van der Waals surface area contributed by atoms with E-state index in [1.807, 2.05) is 48.2 Å². The van der Waals surface area contributed by atoms with Crippen molar-refractivity contribution >= 4 is 33.8 Å². The number of carboxylic acids is 2. The van der Waals surface area contributed by atoms with Crippen LogP contribution in [-0.2, 0) is 20.9 Å². The maximum absolute atomic E-state index is 12.4. The molecule has 0 aromatic heterocycles. The normalized spacial score (nSPS) is 13.5. The quantitative estimate of drug-likeness (QED) is 0.556. The first-order chi connectivity index (χ1) is 15.7. The number of aryl methyl sites for hydroxylation is 1. The second kappa shape index (κ2) is 12.8. The molecule has 0 bridgehead atoms. The Bertz CT molecular complexity index is 946. The number of piperazine rings is 1. The molecule has 0 aliphatic carbocycles. The van der Waals surface area contributed by atoms with Gasteiger partial charge in [-0.3, -0.25) is 9.69 Å². The number of carbonyl (C=O) groups excluding carboxylic acids is 1. The summed E-state index contributed by atoms with van der Waals surface area (Å²) < 4.78 is 12.1. The first-order valence-corrected chi connectivity index (χ1v) is 11.0. The number of methoxy groups -OCH3 is 1. The van der Waals surface area contributed by atoms with Crippen LogP contribution in [-0.4, -0.2) is 77.8 Å². The molecule has 1 fully saturated rings. The van der Waals surface area contributed by atoms with Gasteiger partial charge >= 0.3 is 11.9 Å². The Morgan fingerprint density at radius 1 is 0.970 bits per heavy atom. The second-order valence-electron chi connectivity index (χ2n) is 7.33. The van der Waals surface area contributed by atoms with Crippen molar-refractivity contribution < 1.29 is 34.1 Å². The topological polar surface area (TPSA) is 117 Å². The lowest BCUT2D eigenvalue weighted by Crippen LogP contribution is -2.49. The first-order valence-electron chi connectivity index (χ1n) is 10.2. The number of hydrogen-bond acceptors (Lipinski definition) is 6. The lowest BCUT2D eigenvalue weighted by Gasteiger charge is -2.35. The Balaban J connectivity index is 0.000000569. The molecule has 0 unspecified atom stereocenters. The lowest BCUT2D eigenvalue weighted by atomic mass is 10.1. The predicted octanol–water partition coefficient (Wildman–Crippen LogP) is 2.64. The zero-order valence-corrected chi connectivity index (χ0v) is 20.1. The maximum Gasteiger partial charge on any atom is 0.414 e. The largest absolute Gasteiger partial charge is 0.496 e. The smallest absolute Gasteiger partial charge is 0.414 e. The molecule has 0 radical (unpaired) electrons. The molecule has 178 valence electrons. The van der Waals surface area contributed by atoms with Gasteiger partial charge in [-0.15, -0.1) is 0 Å². The average Bonchev–Trinajstić information content (AvgIpc) is 2.79. The number of amides is 1. The molecule has 1 saturated heterocycles. The minimum absolute atomic E-state index is 0.0373. The van der Waals surface area contributed by atoms with Gasteiger partial charge in [-0.1, -0.05) is 33.6 Å². The van der Waals surface area contributed by atoms with Crippen molar-refractivity contribution in [3.8, 4) is 11.5 Å². The van der Waals surface area contributed by atoms with Crippen LogP contribution in [0.2, 0.25) is 0 Å². The molecular formula is C23H27BrN2O7. The fraction of sp³-hybridized carbons (Fsp3) is 0.348. The number of carboxylic acid groups (broad SMARTS) is 2. The molecule has 1 aliphatic heterocycles. The predicted molar refractivity (Wildman–Crippen MR) is 124 cm³/mol. The van der Waals surface area contributed by atoms with Crippen LogP contribution < -0.4 is 9.47 Å². The minimum atomic E-state index is -1.82. The van der Waals surface area contributed by atoms with E-state index in [0.29, 0.717) is 13.1 Å². The summed E-state index contributed by atoms with van der Waals surface area (Å²) >= 11 is 3.52. The van der Waals surface area contributed by atoms with Gasteiger partial charge in [0, 0.05) is 42.8 Å². The molecule has 0 saturated carbocycles. The lowest BCUT2D eigenvalue weighted by molar-refractivity contribution is -0.159. The first kappa shape index (κ1) is 26.1. The number of ether oxygens (including phenoxy) is 2. The fourth-order valence-corrected chi connectivity index (χ4v) is 3.55. The Hall–Kier alpha value is -3.11. The van der Waals surface area contributed by atoms with Crippen LogP contribution in [0, 0.1) is 6.92 Å². The SMILES string of the molecule is COc1ccc(Br)cc1CN1CCN(C(=O)COc2ccc(C)cc2)CC1.O=C(O)C(=O)O. The van der Waals surface area contributed by atoms with Gasteiger partial charge in [0.2, 0.25) is 0 Å². The summed E-state index contributed by atoms with van der Waals surface area (Å²) in [5.74, 6) is -1.99. The molecule has 1 heterocycles. The molecule has 2 aromatic rings. The highest BCUT2D eigenvalue weighted by Gasteiger charge is 2.22. The summed E-state index contributed by atoms with van der Waals surface area (Å²) in [4.78, 5) is 34.8. The van der Waals surface area contributed by atoms with E-state index in [1.165, 1.54) is 5.56 Å². The number of hydrogen-bond donors (Lipinski definition) is 2. The van der Waals surface area contributed by atoms with Gasteiger partial charge in [-0.2, -0.15) is 0 Å². The van der Waals surface area contributed by atoms with E-state index in [2.05, 4.69) is 26.9 Å². The van der Waals surface area contributed by atoms with Crippen molar-refractivity contribution in [3.05, 3.63) is 58.1 Å². The Morgan fingerprint density at radius 2 is 1.58 bits per heavy atom. The molecule has 0 spiro atoms. The van der Waals surface area contributed by atoms with E-state index in [1.54, 1.807) is 7.11 Å². The zero-order chi connectivity index (χ0) is 24.4. The van der Waals surface area contributed by atoms with E-state index >= 15 is 0 Å². The maximum atomic E-state index is 12.4. The van der Waals surface area contributed by atoms with Crippen LogP contribution in [0.5, 0.6) is 11.5 Å². The highest BCUT2D eigenvalue weighted by molar-refractivity contribution is 9.10. The van der Waals surface area contributed by atoms with Crippen molar-refractivity contribution in [2.75, 3.05) is 39.9 Å². The third-order valence-corrected chi connectivity index (χ3v) is 5.42. The molecule has 2 aromatic carbocycles. The number of benzene rings is 2. The molecule has 3 rings (SSSR count). The molecule has 33 heavy (non-hydrogen) atoms. The molecule has 9 nitrogen and oxygen atoms in total. The number of carbonyl (C=O) groups is 3. The van der Waals surface area contributed by atoms with Crippen LogP contribution in [0.25, 0.3) is 0 Å². The Morgan fingerprint density at radius 3 is 2.12 bits per heavy atom. The highest BCUT2D eigenvalue weighted by atomic mass is 79.9. The minimum Gasteiger partial charge on any atom is -0.496 e. The summed E-state index contributed by atoms with van der Waals surface area (Å²) in [5, 5.41) is 14.8. The monoisotopic (exact) mass is 522 g/mol. The average molecular weight is 523 g/mol. The van der Waals surface area contributed by atoms with E-state index in [0.717, 1.165) is 41.2 Å². The Labute approximate surface area is 200 Å². The van der Waals surface area contributed by atoms with Crippen LogP contribution in [0.3, 0.4) is 0 Å². The van der Waals surface area contributed by atoms with Gasteiger partial charge < -0.3 is 24.6 Å². The van der Waals surface area contributed by atoms with E-state index in [4.69, 9.17) is 29.3 Å². The van der Waals surface area contributed by atoms with Gasteiger partial charge in [0.25, 0.3) is 5.91 Å². The summed E-state index contributed by atoms with van der Waals surface area (Å²) in [7, 11) is 1.69. The highest BCUT2D eigenvalue weighted by Crippen LogP contribution is 2.24. The van der Waals surface area contributed by atoms with Gasteiger partial charge in [-0.25, -0.2) is 9.59 Å². The molecule has 1 aliphatic rings.